The Morgan fingerprint density at radius 1 is 1.24 bits per heavy atom. The minimum atomic E-state index is -0.141. The number of hydrogen-bond acceptors (Lipinski definition) is 2. The van der Waals surface area contributed by atoms with Crippen LogP contribution in [0, 0.1) is 5.92 Å². The first-order valence-electron chi connectivity index (χ1n) is 6.48. The van der Waals surface area contributed by atoms with Gasteiger partial charge in [0.05, 0.1) is 0 Å². The predicted molar refractivity (Wildman–Crippen MR) is 71.1 cm³/mol. The molecule has 0 bridgehead atoms. The minimum Gasteiger partial charge on any atom is -0.488 e. The summed E-state index contributed by atoms with van der Waals surface area (Å²) in [6.07, 6.45) is 3.84. The molecule has 17 heavy (non-hydrogen) atoms. The SMILES string of the molecule is CC(C)(C)Oc1ccc([C@@H](N)CC2CC2)cc1. The fourth-order valence-corrected chi connectivity index (χ4v) is 1.99. The van der Waals surface area contributed by atoms with Gasteiger partial charge < -0.3 is 10.5 Å². The summed E-state index contributed by atoms with van der Waals surface area (Å²) in [5, 5.41) is 0. The third-order valence-electron chi connectivity index (χ3n) is 3.02. The lowest BCUT2D eigenvalue weighted by atomic mass is 10.0. The molecule has 94 valence electrons. The number of nitrogens with two attached hydrogens (primary N) is 1. The fraction of sp³-hybridized carbons (Fsp3) is 0.600. The van der Waals surface area contributed by atoms with Crippen molar-refractivity contribution >= 4 is 0 Å². The molecule has 2 nitrogen and oxygen atoms in total. The van der Waals surface area contributed by atoms with E-state index in [0.29, 0.717) is 0 Å². The van der Waals surface area contributed by atoms with Gasteiger partial charge in [0, 0.05) is 6.04 Å². The Morgan fingerprint density at radius 3 is 2.29 bits per heavy atom. The Hall–Kier alpha value is -1.02. The summed E-state index contributed by atoms with van der Waals surface area (Å²) < 4.78 is 5.79. The van der Waals surface area contributed by atoms with Crippen molar-refractivity contribution in [2.45, 2.75) is 51.7 Å². The van der Waals surface area contributed by atoms with Gasteiger partial charge in [-0.1, -0.05) is 25.0 Å². The first kappa shape index (κ1) is 12.4. The first-order valence-corrected chi connectivity index (χ1v) is 6.48. The molecule has 1 aliphatic carbocycles. The van der Waals surface area contributed by atoms with E-state index in [-0.39, 0.29) is 11.6 Å². The van der Waals surface area contributed by atoms with E-state index < -0.39 is 0 Å². The minimum absolute atomic E-state index is 0.141. The zero-order chi connectivity index (χ0) is 12.5. The van der Waals surface area contributed by atoms with Crippen molar-refractivity contribution in [3.8, 4) is 5.75 Å². The van der Waals surface area contributed by atoms with Crippen molar-refractivity contribution < 1.29 is 4.74 Å². The molecule has 1 saturated carbocycles. The molecule has 0 unspecified atom stereocenters. The fourth-order valence-electron chi connectivity index (χ4n) is 1.99. The zero-order valence-electron chi connectivity index (χ0n) is 11.1. The van der Waals surface area contributed by atoms with Gasteiger partial charge in [-0.05, 0) is 50.8 Å². The molecule has 0 spiro atoms. The largest absolute Gasteiger partial charge is 0.488 e. The van der Waals surface area contributed by atoms with Gasteiger partial charge in [-0.25, -0.2) is 0 Å². The maximum Gasteiger partial charge on any atom is 0.120 e. The summed E-state index contributed by atoms with van der Waals surface area (Å²) in [6, 6.07) is 8.41. The van der Waals surface area contributed by atoms with Crippen LogP contribution >= 0.6 is 0 Å². The van der Waals surface area contributed by atoms with Gasteiger partial charge in [-0.15, -0.1) is 0 Å². The first-order chi connectivity index (χ1) is 7.94. The van der Waals surface area contributed by atoms with E-state index in [9.17, 15) is 0 Å². The Morgan fingerprint density at radius 2 is 1.82 bits per heavy atom. The average molecular weight is 233 g/mol. The third-order valence-corrected chi connectivity index (χ3v) is 3.02. The highest BCUT2D eigenvalue weighted by atomic mass is 16.5. The highest BCUT2D eigenvalue weighted by molar-refractivity contribution is 5.29. The van der Waals surface area contributed by atoms with Gasteiger partial charge >= 0.3 is 0 Å². The Kier molecular flexibility index (Phi) is 3.43. The maximum absolute atomic E-state index is 6.17. The molecule has 1 atom stereocenters. The van der Waals surface area contributed by atoms with Gasteiger partial charge in [-0.3, -0.25) is 0 Å². The lowest BCUT2D eigenvalue weighted by Crippen LogP contribution is -2.22. The van der Waals surface area contributed by atoms with Crippen LogP contribution in [0.1, 0.15) is 51.6 Å². The van der Waals surface area contributed by atoms with Crippen molar-refractivity contribution in [3.63, 3.8) is 0 Å². The van der Waals surface area contributed by atoms with E-state index in [1.807, 2.05) is 12.1 Å². The topological polar surface area (TPSA) is 35.2 Å². The molecule has 1 fully saturated rings. The van der Waals surface area contributed by atoms with Crippen LogP contribution < -0.4 is 10.5 Å². The highest BCUT2D eigenvalue weighted by Crippen LogP contribution is 2.36. The molecule has 1 aromatic carbocycles. The molecular weight excluding hydrogens is 210 g/mol. The van der Waals surface area contributed by atoms with Crippen LogP contribution in [0.5, 0.6) is 5.75 Å². The number of ether oxygens (including phenoxy) is 1. The van der Waals surface area contributed by atoms with Crippen molar-refractivity contribution in [3.05, 3.63) is 29.8 Å². The van der Waals surface area contributed by atoms with Crippen molar-refractivity contribution in [2.24, 2.45) is 11.7 Å². The Bertz CT molecular complexity index is 360. The van der Waals surface area contributed by atoms with Crippen LogP contribution in [0.4, 0.5) is 0 Å². The van der Waals surface area contributed by atoms with Crippen LogP contribution in [0.3, 0.4) is 0 Å². The number of benzene rings is 1. The predicted octanol–water partition coefficient (Wildman–Crippen LogP) is 3.66. The molecule has 0 heterocycles. The van der Waals surface area contributed by atoms with E-state index in [2.05, 4.69) is 32.9 Å². The van der Waals surface area contributed by atoms with Gasteiger partial charge in [0.25, 0.3) is 0 Å². The Labute approximate surface area is 104 Å². The number of hydrogen-bond donors (Lipinski definition) is 1. The molecule has 2 heteroatoms. The molecule has 1 aliphatic rings. The van der Waals surface area contributed by atoms with Gasteiger partial charge in [0.15, 0.2) is 0 Å². The quantitative estimate of drug-likeness (QED) is 0.861. The van der Waals surface area contributed by atoms with Crippen LogP contribution in [-0.2, 0) is 0 Å². The van der Waals surface area contributed by atoms with Crippen LogP contribution in [0.15, 0.2) is 24.3 Å². The van der Waals surface area contributed by atoms with E-state index >= 15 is 0 Å². The summed E-state index contributed by atoms with van der Waals surface area (Å²) in [6.45, 7) is 6.17. The molecule has 1 aromatic rings. The summed E-state index contributed by atoms with van der Waals surface area (Å²) in [5.74, 6) is 1.79. The van der Waals surface area contributed by atoms with Crippen LogP contribution in [-0.4, -0.2) is 5.60 Å². The lowest BCUT2D eigenvalue weighted by molar-refractivity contribution is 0.131. The maximum atomic E-state index is 6.17. The second-order valence-electron chi connectivity index (χ2n) is 6.07. The smallest absolute Gasteiger partial charge is 0.120 e. The van der Waals surface area contributed by atoms with Gasteiger partial charge in [-0.2, -0.15) is 0 Å². The normalized spacial score (nSPS) is 17.9. The summed E-state index contributed by atoms with van der Waals surface area (Å²) in [7, 11) is 0. The van der Waals surface area contributed by atoms with E-state index in [1.165, 1.54) is 18.4 Å². The Balaban J connectivity index is 1.96. The van der Waals surface area contributed by atoms with E-state index in [4.69, 9.17) is 10.5 Å². The summed E-state index contributed by atoms with van der Waals surface area (Å²) in [4.78, 5) is 0. The molecule has 0 amide bonds. The number of rotatable bonds is 4. The van der Waals surface area contributed by atoms with E-state index in [1.54, 1.807) is 0 Å². The van der Waals surface area contributed by atoms with Crippen molar-refractivity contribution in [1.82, 2.24) is 0 Å². The highest BCUT2D eigenvalue weighted by Gasteiger charge is 2.24. The molecule has 2 N–H and O–H groups in total. The molecular formula is C15H23NO. The summed E-state index contributed by atoms with van der Waals surface area (Å²) >= 11 is 0. The monoisotopic (exact) mass is 233 g/mol. The second-order valence-corrected chi connectivity index (χ2v) is 6.07. The second kappa shape index (κ2) is 4.69. The molecule has 0 aromatic heterocycles. The van der Waals surface area contributed by atoms with Crippen LogP contribution in [0.25, 0.3) is 0 Å². The lowest BCUT2D eigenvalue weighted by Gasteiger charge is -2.21. The average Bonchev–Trinajstić information content (AvgIpc) is 3.00. The van der Waals surface area contributed by atoms with Crippen LogP contribution in [0.2, 0.25) is 0 Å². The van der Waals surface area contributed by atoms with E-state index in [0.717, 1.165) is 18.1 Å². The third kappa shape index (κ3) is 4.04. The molecule has 0 saturated heterocycles. The standard InChI is InChI=1S/C15H23NO/c1-15(2,3)17-13-8-6-12(7-9-13)14(16)10-11-4-5-11/h6-9,11,14H,4-5,10,16H2,1-3H3/t14-/m0/s1. The van der Waals surface area contributed by atoms with Gasteiger partial charge in [0.1, 0.15) is 11.4 Å². The van der Waals surface area contributed by atoms with Crippen molar-refractivity contribution in [1.29, 1.82) is 0 Å². The molecule has 0 radical (unpaired) electrons. The van der Waals surface area contributed by atoms with Gasteiger partial charge in [0.2, 0.25) is 0 Å². The van der Waals surface area contributed by atoms with Crippen molar-refractivity contribution in [2.75, 3.05) is 0 Å². The zero-order valence-corrected chi connectivity index (χ0v) is 11.1. The molecule has 2 rings (SSSR count). The summed E-state index contributed by atoms with van der Waals surface area (Å²) in [5.41, 5.74) is 7.25. The molecule has 0 aliphatic heterocycles.